The molecule has 0 aliphatic carbocycles. The number of hydrogen-bond acceptors (Lipinski definition) is 3. The average molecular weight is 241 g/mol. The second-order valence-corrected chi connectivity index (χ2v) is 4.39. The average Bonchev–Trinajstić information content (AvgIpc) is 2.56. The van der Waals surface area contributed by atoms with Crippen LogP contribution in [0.4, 0.5) is 4.79 Å². The lowest BCUT2D eigenvalue weighted by Crippen LogP contribution is -2.52. The second kappa shape index (κ2) is 5.86. The Balaban J connectivity index is 1.85. The number of hydrogen-bond donors (Lipinski definition) is 2. The van der Waals surface area contributed by atoms with Gasteiger partial charge in [-0.1, -0.05) is 0 Å². The van der Waals surface area contributed by atoms with Crippen LogP contribution in [0.25, 0.3) is 0 Å². The van der Waals surface area contributed by atoms with Crippen molar-refractivity contribution in [3.63, 3.8) is 0 Å². The number of carbonyl (C=O) groups is 2. The molecule has 0 aromatic carbocycles. The number of ether oxygens (including phenoxy) is 1. The van der Waals surface area contributed by atoms with Gasteiger partial charge in [0.15, 0.2) is 0 Å². The van der Waals surface area contributed by atoms with E-state index in [0.29, 0.717) is 32.8 Å². The topological polar surface area (TPSA) is 70.7 Å². The highest BCUT2D eigenvalue weighted by Gasteiger charge is 2.25. The Labute approximate surface area is 101 Å². The van der Waals surface area contributed by atoms with Crippen molar-refractivity contribution in [1.29, 1.82) is 0 Å². The Morgan fingerprint density at radius 1 is 1.35 bits per heavy atom. The summed E-state index contributed by atoms with van der Waals surface area (Å²) < 4.78 is 5.18. The summed E-state index contributed by atoms with van der Waals surface area (Å²) in [4.78, 5) is 25.3. The van der Waals surface area contributed by atoms with Crippen molar-refractivity contribution in [2.24, 2.45) is 0 Å². The molecular weight excluding hydrogens is 222 g/mol. The van der Waals surface area contributed by atoms with Crippen LogP contribution >= 0.6 is 0 Å². The summed E-state index contributed by atoms with van der Waals surface area (Å²) in [5, 5.41) is 5.60. The maximum absolute atomic E-state index is 11.9. The van der Waals surface area contributed by atoms with E-state index in [1.54, 1.807) is 4.90 Å². The lowest BCUT2D eigenvalue weighted by molar-refractivity contribution is -0.122. The normalized spacial score (nSPS) is 26.0. The number of urea groups is 1. The fraction of sp³-hybridized carbons (Fsp3) is 0.818. The molecule has 2 aliphatic heterocycles. The lowest BCUT2D eigenvalue weighted by atomic mass is 10.1. The SMILES string of the molecule is O=C1NCCCCC1NC(=O)N1CCOCC1. The van der Waals surface area contributed by atoms with Gasteiger partial charge in [0, 0.05) is 19.6 Å². The minimum absolute atomic E-state index is 0.0656. The van der Waals surface area contributed by atoms with Gasteiger partial charge in [-0.15, -0.1) is 0 Å². The Hall–Kier alpha value is -1.30. The van der Waals surface area contributed by atoms with Crippen LogP contribution in [-0.2, 0) is 9.53 Å². The van der Waals surface area contributed by atoms with E-state index in [0.717, 1.165) is 19.3 Å². The molecule has 2 N–H and O–H groups in total. The molecule has 0 bridgehead atoms. The van der Waals surface area contributed by atoms with Crippen LogP contribution in [0.15, 0.2) is 0 Å². The first-order valence-electron chi connectivity index (χ1n) is 6.18. The van der Waals surface area contributed by atoms with Gasteiger partial charge >= 0.3 is 6.03 Å². The molecule has 6 nitrogen and oxygen atoms in total. The van der Waals surface area contributed by atoms with Crippen molar-refractivity contribution in [2.75, 3.05) is 32.8 Å². The summed E-state index contributed by atoms with van der Waals surface area (Å²) in [5.41, 5.74) is 0. The quantitative estimate of drug-likeness (QED) is 0.662. The van der Waals surface area contributed by atoms with Crippen LogP contribution < -0.4 is 10.6 Å². The van der Waals surface area contributed by atoms with E-state index in [-0.39, 0.29) is 18.0 Å². The van der Waals surface area contributed by atoms with Crippen molar-refractivity contribution in [3.05, 3.63) is 0 Å². The van der Waals surface area contributed by atoms with Gasteiger partial charge in [0.05, 0.1) is 13.2 Å². The molecule has 0 aromatic heterocycles. The largest absolute Gasteiger partial charge is 0.378 e. The molecule has 6 heteroatoms. The highest BCUT2D eigenvalue weighted by Crippen LogP contribution is 2.06. The molecule has 17 heavy (non-hydrogen) atoms. The standard InChI is InChI=1S/C11H19N3O3/c15-10-9(3-1-2-4-12-10)13-11(16)14-5-7-17-8-6-14/h9H,1-8H2,(H,12,15)(H,13,16). The summed E-state index contributed by atoms with van der Waals surface area (Å²) in [5.74, 6) is -0.0656. The Morgan fingerprint density at radius 3 is 2.88 bits per heavy atom. The van der Waals surface area contributed by atoms with Crippen LogP contribution in [0, 0.1) is 0 Å². The Morgan fingerprint density at radius 2 is 2.12 bits per heavy atom. The van der Waals surface area contributed by atoms with Crippen molar-refractivity contribution in [3.8, 4) is 0 Å². The van der Waals surface area contributed by atoms with Crippen LogP contribution in [0.5, 0.6) is 0 Å². The third kappa shape index (κ3) is 3.33. The summed E-state index contributed by atoms with van der Waals surface area (Å²) >= 11 is 0. The maximum atomic E-state index is 11.9. The number of carbonyl (C=O) groups excluding carboxylic acids is 2. The van der Waals surface area contributed by atoms with Gasteiger partial charge in [-0.05, 0) is 19.3 Å². The van der Waals surface area contributed by atoms with E-state index in [4.69, 9.17) is 4.74 Å². The molecule has 0 saturated carbocycles. The van der Waals surface area contributed by atoms with E-state index in [1.807, 2.05) is 0 Å². The molecular formula is C11H19N3O3. The fourth-order valence-electron chi connectivity index (χ4n) is 2.08. The molecule has 1 unspecified atom stereocenters. The van der Waals surface area contributed by atoms with E-state index in [2.05, 4.69) is 10.6 Å². The van der Waals surface area contributed by atoms with E-state index < -0.39 is 0 Å². The zero-order valence-electron chi connectivity index (χ0n) is 9.91. The Bertz CT molecular complexity index is 290. The van der Waals surface area contributed by atoms with Crippen LogP contribution in [0.2, 0.25) is 0 Å². The predicted octanol–water partition coefficient (Wildman–Crippen LogP) is -0.303. The fourth-order valence-corrected chi connectivity index (χ4v) is 2.08. The third-order valence-corrected chi connectivity index (χ3v) is 3.13. The predicted molar refractivity (Wildman–Crippen MR) is 61.6 cm³/mol. The summed E-state index contributed by atoms with van der Waals surface area (Å²) in [6, 6.07) is -0.539. The molecule has 0 spiro atoms. The van der Waals surface area contributed by atoms with E-state index in [9.17, 15) is 9.59 Å². The number of amides is 3. The number of nitrogens with zero attached hydrogens (tertiary/aromatic N) is 1. The highest BCUT2D eigenvalue weighted by molar-refractivity contribution is 5.87. The molecule has 1 atom stereocenters. The monoisotopic (exact) mass is 241 g/mol. The molecule has 2 rings (SSSR count). The zero-order chi connectivity index (χ0) is 12.1. The minimum Gasteiger partial charge on any atom is -0.378 e. The van der Waals surface area contributed by atoms with Crippen LogP contribution in [-0.4, -0.2) is 55.7 Å². The van der Waals surface area contributed by atoms with Gasteiger partial charge in [-0.25, -0.2) is 4.79 Å². The molecule has 0 aromatic rings. The molecule has 2 aliphatic rings. The first-order chi connectivity index (χ1) is 8.27. The van der Waals surface area contributed by atoms with Crippen molar-refractivity contribution in [2.45, 2.75) is 25.3 Å². The summed E-state index contributed by atoms with van der Waals surface area (Å²) in [6.45, 7) is 3.05. The van der Waals surface area contributed by atoms with Gasteiger partial charge in [0.2, 0.25) is 5.91 Å². The third-order valence-electron chi connectivity index (χ3n) is 3.13. The molecule has 2 saturated heterocycles. The van der Waals surface area contributed by atoms with Crippen molar-refractivity contribution < 1.29 is 14.3 Å². The zero-order valence-corrected chi connectivity index (χ0v) is 9.91. The highest BCUT2D eigenvalue weighted by atomic mass is 16.5. The first-order valence-corrected chi connectivity index (χ1v) is 6.18. The second-order valence-electron chi connectivity index (χ2n) is 4.39. The lowest BCUT2D eigenvalue weighted by Gasteiger charge is -2.28. The van der Waals surface area contributed by atoms with Gasteiger partial charge in [0.1, 0.15) is 6.04 Å². The van der Waals surface area contributed by atoms with Crippen molar-refractivity contribution >= 4 is 11.9 Å². The summed E-state index contributed by atoms with van der Waals surface area (Å²) in [7, 11) is 0. The van der Waals surface area contributed by atoms with Crippen LogP contribution in [0.3, 0.4) is 0 Å². The number of rotatable bonds is 1. The van der Waals surface area contributed by atoms with Gasteiger partial charge in [-0.2, -0.15) is 0 Å². The van der Waals surface area contributed by atoms with Crippen LogP contribution in [0.1, 0.15) is 19.3 Å². The smallest absolute Gasteiger partial charge is 0.318 e. The molecule has 2 heterocycles. The number of nitrogens with one attached hydrogen (secondary N) is 2. The molecule has 96 valence electrons. The van der Waals surface area contributed by atoms with Crippen molar-refractivity contribution in [1.82, 2.24) is 15.5 Å². The van der Waals surface area contributed by atoms with E-state index >= 15 is 0 Å². The maximum Gasteiger partial charge on any atom is 0.318 e. The van der Waals surface area contributed by atoms with Gasteiger partial charge in [-0.3, -0.25) is 4.79 Å². The van der Waals surface area contributed by atoms with Gasteiger partial charge in [0.25, 0.3) is 0 Å². The Kier molecular flexibility index (Phi) is 4.19. The van der Waals surface area contributed by atoms with Gasteiger partial charge < -0.3 is 20.3 Å². The minimum atomic E-state index is -0.382. The molecule has 3 amide bonds. The molecule has 2 fully saturated rings. The van der Waals surface area contributed by atoms with E-state index in [1.165, 1.54) is 0 Å². The number of morpholine rings is 1. The summed E-state index contributed by atoms with van der Waals surface area (Å²) in [6.07, 6.45) is 2.67. The molecule has 0 radical (unpaired) electrons. The first kappa shape index (κ1) is 12.2.